The third-order valence-electron chi connectivity index (χ3n) is 3.50. The highest BCUT2D eigenvalue weighted by molar-refractivity contribution is 7.89. The third-order valence-corrected chi connectivity index (χ3v) is 5.15. The van der Waals surface area contributed by atoms with Gasteiger partial charge in [-0.05, 0) is 37.6 Å². The molecular formula is C15H17N5O2S. The number of fused-ring (bicyclic) bond motifs is 1. The first-order chi connectivity index (χ1) is 11.0. The van der Waals surface area contributed by atoms with E-state index in [2.05, 4.69) is 19.8 Å². The Balaban J connectivity index is 1.92. The van der Waals surface area contributed by atoms with Gasteiger partial charge in [-0.1, -0.05) is 6.07 Å². The minimum atomic E-state index is -3.66. The Morgan fingerprint density at radius 1 is 1.30 bits per heavy atom. The maximum absolute atomic E-state index is 12.7. The Labute approximate surface area is 134 Å². The summed E-state index contributed by atoms with van der Waals surface area (Å²) in [6.07, 6.45) is 4.63. The van der Waals surface area contributed by atoms with Crippen LogP contribution in [-0.2, 0) is 16.6 Å². The fourth-order valence-electron chi connectivity index (χ4n) is 2.50. The van der Waals surface area contributed by atoms with Gasteiger partial charge in [0.25, 0.3) is 0 Å². The number of aryl methyl sites for hydroxylation is 1. The molecule has 3 aromatic rings. The summed E-state index contributed by atoms with van der Waals surface area (Å²) in [5, 5.41) is 4.60. The molecule has 3 rings (SSSR count). The van der Waals surface area contributed by atoms with E-state index >= 15 is 0 Å². The van der Waals surface area contributed by atoms with Gasteiger partial charge in [-0.25, -0.2) is 18.1 Å². The molecule has 0 aliphatic carbocycles. The largest absolute Gasteiger partial charge is 0.256 e. The second kappa shape index (κ2) is 6.05. The molecule has 0 saturated carbocycles. The van der Waals surface area contributed by atoms with Crippen LogP contribution in [0.5, 0.6) is 0 Å². The number of nitrogens with zero attached hydrogens (tertiary/aromatic N) is 4. The number of sulfonamides is 1. The first kappa shape index (κ1) is 15.6. The van der Waals surface area contributed by atoms with Gasteiger partial charge in [0.05, 0.1) is 17.0 Å². The molecular weight excluding hydrogens is 314 g/mol. The van der Waals surface area contributed by atoms with Crippen LogP contribution in [0, 0.1) is 6.92 Å². The first-order valence-corrected chi connectivity index (χ1v) is 8.65. The van der Waals surface area contributed by atoms with E-state index in [1.807, 2.05) is 6.92 Å². The van der Waals surface area contributed by atoms with Gasteiger partial charge in [0.15, 0.2) is 0 Å². The van der Waals surface area contributed by atoms with Crippen LogP contribution < -0.4 is 4.72 Å². The Morgan fingerprint density at radius 2 is 2.13 bits per heavy atom. The number of hydrogen-bond acceptors (Lipinski definition) is 5. The predicted octanol–water partition coefficient (Wildman–Crippen LogP) is 1.50. The van der Waals surface area contributed by atoms with E-state index in [4.69, 9.17) is 0 Å². The van der Waals surface area contributed by atoms with Crippen molar-refractivity contribution in [2.45, 2.75) is 31.3 Å². The zero-order valence-corrected chi connectivity index (χ0v) is 13.7. The molecule has 120 valence electrons. The Morgan fingerprint density at radius 3 is 2.87 bits per heavy atom. The summed E-state index contributed by atoms with van der Waals surface area (Å²) < 4.78 is 29.7. The summed E-state index contributed by atoms with van der Waals surface area (Å²) in [4.78, 5) is 8.36. The Kier molecular flexibility index (Phi) is 4.10. The van der Waals surface area contributed by atoms with Crippen LogP contribution >= 0.6 is 0 Å². The van der Waals surface area contributed by atoms with Gasteiger partial charge in [0.2, 0.25) is 10.0 Å². The highest BCUT2D eigenvalue weighted by atomic mass is 32.2. The van der Waals surface area contributed by atoms with E-state index in [-0.39, 0.29) is 10.9 Å². The fraction of sp³-hybridized carbons (Fsp3) is 0.267. The molecule has 7 nitrogen and oxygen atoms in total. The second-order valence-electron chi connectivity index (χ2n) is 5.42. The van der Waals surface area contributed by atoms with Crippen molar-refractivity contribution in [3.63, 3.8) is 0 Å². The standard InChI is InChI=1S/C15H17N5O2S/c1-11-5-6-14(13-4-3-7-17-15(11)13)23(21,22)19-12(2)8-20-10-16-9-18-20/h3-7,9-10,12,19H,8H2,1-2H3/t12-/m1/s1. The van der Waals surface area contributed by atoms with E-state index in [1.165, 1.54) is 6.33 Å². The number of aromatic nitrogens is 4. The van der Waals surface area contributed by atoms with Crippen molar-refractivity contribution >= 4 is 20.9 Å². The van der Waals surface area contributed by atoms with E-state index in [1.54, 1.807) is 48.4 Å². The molecule has 0 aliphatic rings. The lowest BCUT2D eigenvalue weighted by Crippen LogP contribution is -2.35. The molecule has 0 amide bonds. The molecule has 23 heavy (non-hydrogen) atoms. The van der Waals surface area contributed by atoms with Gasteiger partial charge >= 0.3 is 0 Å². The molecule has 8 heteroatoms. The number of rotatable bonds is 5. The monoisotopic (exact) mass is 331 g/mol. The van der Waals surface area contributed by atoms with Crippen LogP contribution in [0.3, 0.4) is 0 Å². The Hall–Kier alpha value is -2.32. The van der Waals surface area contributed by atoms with Crippen molar-refractivity contribution in [3.8, 4) is 0 Å². The van der Waals surface area contributed by atoms with Crippen LogP contribution in [-0.4, -0.2) is 34.2 Å². The molecule has 0 bridgehead atoms. The van der Waals surface area contributed by atoms with Crippen molar-refractivity contribution in [1.82, 2.24) is 24.5 Å². The van der Waals surface area contributed by atoms with Crippen LogP contribution in [0.1, 0.15) is 12.5 Å². The van der Waals surface area contributed by atoms with Gasteiger partial charge < -0.3 is 0 Å². The average molecular weight is 331 g/mol. The topological polar surface area (TPSA) is 89.8 Å². The third kappa shape index (κ3) is 3.22. The number of pyridine rings is 1. The van der Waals surface area contributed by atoms with Gasteiger partial charge in [-0.2, -0.15) is 5.10 Å². The molecule has 0 unspecified atom stereocenters. The molecule has 1 atom stereocenters. The molecule has 0 saturated heterocycles. The summed E-state index contributed by atoms with van der Waals surface area (Å²) in [5.41, 5.74) is 1.63. The average Bonchev–Trinajstić information content (AvgIpc) is 2.99. The smallest absolute Gasteiger partial charge is 0.241 e. The zero-order valence-electron chi connectivity index (χ0n) is 12.8. The van der Waals surface area contributed by atoms with Crippen LogP contribution in [0.4, 0.5) is 0 Å². The molecule has 0 fully saturated rings. The highest BCUT2D eigenvalue weighted by Gasteiger charge is 2.21. The van der Waals surface area contributed by atoms with E-state index in [9.17, 15) is 8.42 Å². The van der Waals surface area contributed by atoms with E-state index in [0.717, 1.165) is 5.56 Å². The summed E-state index contributed by atoms with van der Waals surface area (Å²) in [6, 6.07) is 6.57. The van der Waals surface area contributed by atoms with Crippen molar-refractivity contribution in [2.75, 3.05) is 0 Å². The molecule has 0 aliphatic heterocycles. The highest BCUT2D eigenvalue weighted by Crippen LogP contribution is 2.24. The van der Waals surface area contributed by atoms with Gasteiger partial charge in [-0.3, -0.25) is 9.67 Å². The van der Waals surface area contributed by atoms with Crippen molar-refractivity contribution in [1.29, 1.82) is 0 Å². The van der Waals surface area contributed by atoms with Crippen LogP contribution in [0.15, 0.2) is 48.0 Å². The second-order valence-corrected chi connectivity index (χ2v) is 7.10. The van der Waals surface area contributed by atoms with E-state index in [0.29, 0.717) is 17.4 Å². The summed E-state index contributed by atoms with van der Waals surface area (Å²) >= 11 is 0. The van der Waals surface area contributed by atoms with Gasteiger partial charge in [0.1, 0.15) is 12.7 Å². The lowest BCUT2D eigenvalue weighted by molar-refractivity contribution is 0.493. The Bertz CT molecular complexity index is 922. The zero-order chi connectivity index (χ0) is 16.4. The first-order valence-electron chi connectivity index (χ1n) is 7.16. The number of benzene rings is 1. The van der Waals surface area contributed by atoms with E-state index < -0.39 is 10.0 Å². The normalized spacial score (nSPS) is 13.3. The van der Waals surface area contributed by atoms with Crippen LogP contribution in [0.2, 0.25) is 0 Å². The maximum atomic E-state index is 12.7. The van der Waals surface area contributed by atoms with Crippen molar-refractivity contribution in [3.05, 3.63) is 48.7 Å². The maximum Gasteiger partial charge on any atom is 0.241 e. The predicted molar refractivity (Wildman–Crippen MR) is 86.3 cm³/mol. The van der Waals surface area contributed by atoms with Crippen LogP contribution in [0.25, 0.3) is 10.9 Å². The molecule has 1 aromatic carbocycles. The minimum absolute atomic E-state index is 0.233. The molecule has 0 spiro atoms. The summed E-state index contributed by atoms with van der Waals surface area (Å²) in [5.74, 6) is 0. The van der Waals surface area contributed by atoms with Crippen molar-refractivity contribution in [2.24, 2.45) is 0 Å². The van der Waals surface area contributed by atoms with Gasteiger partial charge in [-0.15, -0.1) is 0 Å². The fourth-order valence-corrected chi connectivity index (χ4v) is 3.93. The summed E-state index contributed by atoms with van der Waals surface area (Å²) in [6.45, 7) is 4.10. The molecule has 2 heterocycles. The lowest BCUT2D eigenvalue weighted by Gasteiger charge is -2.15. The van der Waals surface area contributed by atoms with Gasteiger partial charge in [0, 0.05) is 17.6 Å². The summed E-state index contributed by atoms with van der Waals surface area (Å²) in [7, 11) is -3.66. The number of nitrogens with one attached hydrogen (secondary N) is 1. The SMILES string of the molecule is Cc1ccc(S(=O)(=O)N[C@H](C)Cn2cncn2)c2cccnc12. The molecule has 1 N–H and O–H groups in total. The lowest BCUT2D eigenvalue weighted by atomic mass is 10.1. The molecule has 0 radical (unpaired) electrons. The number of hydrogen-bond donors (Lipinski definition) is 1. The molecule has 2 aromatic heterocycles. The van der Waals surface area contributed by atoms with Crippen molar-refractivity contribution < 1.29 is 8.42 Å². The minimum Gasteiger partial charge on any atom is -0.256 e. The quantitative estimate of drug-likeness (QED) is 0.765.